The van der Waals surface area contributed by atoms with Crippen LogP contribution in [0.2, 0.25) is 0 Å². The van der Waals surface area contributed by atoms with E-state index in [-0.39, 0.29) is 5.54 Å². The van der Waals surface area contributed by atoms with Crippen molar-refractivity contribution >= 4 is 13.5 Å². The summed E-state index contributed by atoms with van der Waals surface area (Å²) >= 11 is 0. The Morgan fingerprint density at radius 2 is 1.56 bits per heavy atom. The lowest BCUT2D eigenvalue weighted by atomic mass is 9.53. The zero-order chi connectivity index (χ0) is 13.0. The summed E-state index contributed by atoms with van der Waals surface area (Å²) in [7, 11) is -4.24. The van der Waals surface area contributed by atoms with Gasteiger partial charge in [0.15, 0.2) is 0 Å². The number of rotatable bonds is 3. The third-order valence-electron chi connectivity index (χ3n) is 4.79. The molecule has 4 fully saturated rings. The van der Waals surface area contributed by atoms with Gasteiger partial charge in [0, 0.05) is 5.54 Å². The maximum absolute atomic E-state index is 11.7. The normalized spacial score (nSPS) is 42.0. The summed E-state index contributed by atoms with van der Waals surface area (Å²) in [5.74, 6) is 1.66. The van der Waals surface area contributed by atoms with Crippen LogP contribution in [0.25, 0.3) is 0 Å². The van der Waals surface area contributed by atoms with Crippen LogP contribution in [0.1, 0.15) is 38.5 Å². The maximum Gasteiger partial charge on any atom is 0.334 e. The Labute approximate surface area is 106 Å². The van der Waals surface area contributed by atoms with E-state index < -0.39 is 19.7 Å². The Hall–Kier alpha value is -0.380. The molecule has 4 aliphatic carbocycles. The van der Waals surface area contributed by atoms with Crippen molar-refractivity contribution in [3.05, 3.63) is 0 Å². The van der Waals surface area contributed by atoms with E-state index in [2.05, 4.69) is 5.32 Å². The molecule has 0 aromatic carbocycles. The van der Waals surface area contributed by atoms with Gasteiger partial charge in [0.25, 0.3) is 0 Å². The molecule has 102 valence electrons. The lowest BCUT2D eigenvalue weighted by molar-refractivity contribution is -0.124. The molecule has 0 unspecified atom stereocenters. The SMILES string of the molecule is O=C(CP(=O)(O)O)NC12CC3CC(CC(C3)C1)C2. The highest BCUT2D eigenvalue weighted by atomic mass is 31.2. The lowest BCUT2D eigenvalue weighted by Crippen LogP contribution is -2.60. The van der Waals surface area contributed by atoms with Gasteiger partial charge in [-0.2, -0.15) is 0 Å². The van der Waals surface area contributed by atoms with Gasteiger partial charge in [0.05, 0.1) is 0 Å². The molecule has 1 amide bonds. The first-order chi connectivity index (χ1) is 8.34. The monoisotopic (exact) mass is 273 g/mol. The number of carbonyl (C=O) groups excluding carboxylic acids is 1. The Morgan fingerprint density at radius 1 is 1.11 bits per heavy atom. The fraction of sp³-hybridized carbons (Fsp3) is 0.917. The number of nitrogens with one attached hydrogen (secondary N) is 1. The van der Waals surface area contributed by atoms with Gasteiger partial charge in [-0.15, -0.1) is 0 Å². The zero-order valence-electron chi connectivity index (χ0n) is 10.3. The molecule has 0 atom stereocenters. The standard InChI is InChI=1S/C12H20NO4P/c14-11(7-18(15,16)17)13-12-4-8-1-9(5-12)3-10(2-8)6-12/h8-10H,1-7H2,(H,13,14)(H2,15,16,17). The van der Waals surface area contributed by atoms with Gasteiger partial charge < -0.3 is 15.1 Å². The van der Waals surface area contributed by atoms with Crippen molar-refractivity contribution in [1.29, 1.82) is 0 Å². The molecular weight excluding hydrogens is 253 g/mol. The molecule has 4 rings (SSSR count). The molecule has 0 aromatic heterocycles. The summed E-state index contributed by atoms with van der Waals surface area (Å²) in [6, 6.07) is 0. The quantitative estimate of drug-likeness (QED) is 0.675. The molecule has 4 aliphatic rings. The highest BCUT2D eigenvalue weighted by Gasteiger charge is 2.51. The van der Waals surface area contributed by atoms with Crippen LogP contribution in [-0.4, -0.2) is 27.4 Å². The van der Waals surface area contributed by atoms with Crippen molar-refractivity contribution in [3.63, 3.8) is 0 Å². The van der Waals surface area contributed by atoms with E-state index in [1.54, 1.807) is 0 Å². The molecule has 6 heteroatoms. The van der Waals surface area contributed by atoms with Crippen molar-refractivity contribution in [3.8, 4) is 0 Å². The minimum atomic E-state index is -4.24. The van der Waals surface area contributed by atoms with E-state index in [0.717, 1.165) is 19.3 Å². The molecular formula is C12H20NO4P. The van der Waals surface area contributed by atoms with Crippen LogP contribution >= 0.6 is 7.60 Å². The molecule has 18 heavy (non-hydrogen) atoms. The van der Waals surface area contributed by atoms with Crippen molar-refractivity contribution in [2.45, 2.75) is 44.1 Å². The summed E-state index contributed by atoms with van der Waals surface area (Å²) in [6.45, 7) is 0. The Kier molecular flexibility index (Phi) is 2.85. The first-order valence-corrected chi connectivity index (χ1v) is 8.49. The Morgan fingerprint density at radius 3 is 1.94 bits per heavy atom. The summed E-state index contributed by atoms with van der Waals surface area (Å²) in [5, 5.41) is 2.95. The number of hydrogen-bond donors (Lipinski definition) is 3. The highest BCUT2D eigenvalue weighted by molar-refractivity contribution is 7.52. The first-order valence-electron chi connectivity index (χ1n) is 6.69. The predicted octanol–water partition coefficient (Wildman–Crippen LogP) is 1.25. The number of carbonyl (C=O) groups is 1. The van der Waals surface area contributed by atoms with Crippen molar-refractivity contribution in [1.82, 2.24) is 5.32 Å². The summed E-state index contributed by atoms with van der Waals surface area (Å²) in [4.78, 5) is 29.4. The van der Waals surface area contributed by atoms with E-state index >= 15 is 0 Å². The second kappa shape index (κ2) is 4.06. The summed E-state index contributed by atoms with van der Waals surface area (Å²) in [5.41, 5.74) is -0.152. The van der Waals surface area contributed by atoms with Crippen LogP contribution in [0.3, 0.4) is 0 Å². The van der Waals surface area contributed by atoms with E-state index in [9.17, 15) is 9.36 Å². The van der Waals surface area contributed by atoms with Gasteiger partial charge >= 0.3 is 7.60 Å². The lowest BCUT2D eigenvalue weighted by Gasteiger charge is -2.56. The van der Waals surface area contributed by atoms with Crippen LogP contribution < -0.4 is 5.32 Å². The fourth-order valence-electron chi connectivity index (χ4n) is 4.79. The summed E-state index contributed by atoms with van der Waals surface area (Å²) in [6.07, 6.45) is 6.20. The Balaban J connectivity index is 1.69. The van der Waals surface area contributed by atoms with Crippen LogP contribution in [0, 0.1) is 17.8 Å². The van der Waals surface area contributed by atoms with E-state index in [1.807, 2.05) is 0 Å². The third kappa shape index (κ3) is 2.49. The average Bonchev–Trinajstić information content (AvgIpc) is 2.09. The first kappa shape index (κ1) is 12.6. The predicted molar refractivity (Wildman–Crippen MR) is 66.0 cm³/mol. The number of amides is 1. The minimum absolute atomic E-state index is 0.152. The smallest absolute Gasteiger partial charge is 0.334 e. The van der Waals surface area contributed by atoms with Crippen LogP contribution in [0.15, 0.2) is 0 Å². The molecule has 5 nitrogen and oxygen atoms in total. The van der Waals surface area contributed by atoms with Gasteiger partial charge in [0.2, 0.25) is 5.91 Å². The molecule has 4 saturated carbocycles. The van der Waals surface area contributed by atoms with E-state index in [4.69, 9.17) is 9.79 Å². The topological polar surface area (TPSA) is 86.6 Å². The van der Waals surface area contributed by atoms with Crippen molar-refractivity contribution in [2.24, 2.45) is 17.8 Å². The molecule has 0 saturated heterocycles. The van der Waals surface area contributed by atoms with Crippen molar-refractivity contribution < 1.29 is 19.1 Å². The molecule has 0 aromatic rings. The minimum Gasteiger partial charge on any atom is -0.350 e. The zero-order valence-corrected chi connectivity index (χ0v) is 11.2. The van der Waals surface area contributed by atoms with Gasteiger partial charge in [-0.05, 0) is 56.3 Å². The molecule has 0 heterocycles. The molecule has 4 bridgehead atoms. The van der Waals surface area contributed by atoms with Gasteiger partial charge in [-0.25, -0.2) is 0 Å². The number of hydrogen-bond acceptors (Lipinski definition) is 2. The molecule has 0 radical (unpaired) electrons. The van der Waals surface area contributed by atoms with Crippen LogP contribution in [0.4, 0.5) is 0 Å². The Bertz CT molecular complexity index is 381. The largest absolute Gasteiger partial charge is 0.350 e. The fourth-order valence-corrected chi connectivity index (χ4v) is 5.24. The van der Waals surface area contributed by atoms with Crippen LogP contribution in [0.5, 0.6) is 0 Å². The van der Waals surface area contributed by atoms with Gasteiger partial charge in [-0.3, -0.25) is 9.36 Å². The van der Waals surface area contributed by atoms with Crippen LogP contribution in [-0.2, 0) is 9.36 Å². The summed E-state index contributed by atoms with van der Waals surface area (Å²) < 4.78 is 10.9. The molecule has 3 N–H and O–H groups in total. The second-order valence-corrected chi connectivity index (χ2v) is 8.21. The maximum atomic E-state index is 11.7. The second-order valence-electron chi connectivity index (χ2n) is 6.57. The van der Waals surface area contributed by atoms with E-state index in [1.165, 1.54) is 19.3 Å². The molecule has 0 aliphatic heterocycles. The van der Waals surface area contributed by atoms with Gasteiger partial charge in [-0.1, -0.05) is 0 Å². The van der Waals surface area contributed by atoms with Gasteiger partial charge in [0.1, 0.15) is 6.16 Å². The van der Waals surface area contributed by atoms with E-state index in [0.29, 0.717) is 17.8 Å². The third-order valence-corrected chi connectivity index (χ3v) is 5.49. The molecule has 0 spiro atoms. The average molecular weight is 273 g/mol. The highest BCUT2D eigenvalue weighted by Crippen LogP contribution is 2.55. The van der Waals surface area contributed by atoms with Crippen molar-refractivity contribution in [2.75, 3.05) is 6.16 Å².